The molecule has 0 fully saturated rings. The van der Waals surface area contributed by atoms with Crippen LogP contribution in [0, 0.1) is 0 Å². The molecule has 0 N–H and O–H groups in total. The lowest BCUT2D eigenvalue weighted by molar-refractivity contribution is -0.143. The SMILES string of the molecule is CCCCCCCCCCOC(=O)CCCCCCN(CCC)CCCCCCCOCCCC. The Kier molecular flexibility index (Phi) is 29.1. The average molecular weight is 498 g/mol. The van der Waals surface area contributed by atoms with Crippen molar-refractivity contribution < 1.29 is 14.3 Å². The molecule has 0 rings (SSSR count). The Morgan fingerprint density at radius 2 is 0.971 bits per heavy atom. The molecule has 210 valence electrons. The van der Waals surface area contributed by atoms with Crippen molar-refractivity contribution in [1.29, 1.82) is 0 Å². The first-order chi connectivity index (χ1) is 17.2. The highest BCUT2D eigenvalue weighted by atomic mass is 16.5. The highest BCUT2D eigenvalue weighted by Crippen LogP contribution is 2.10. The van der Waals surface area contributed by atoms with Crippen molar-refractivity contribution >= 4 is 5.97 Å². The van der Waals surface area contributed by atoms with E-state index in [2.05, 4.69) is 25.7 Å². The molecule has 0 bridgehead atoms. The van der Waals surface area contributed by atoms with Crippen LogP contribution in [0.1, 0.15) is 156 Å². The Bertz CT molecular complexity index is 416. The van der Waals surface area contributed by atoms with Gasteiger partial charge < -0.3 is 14.4 Å². The van der Waals surface area contributed by atoms with Crippen molar-refractivity contribution in [3.8, 4) is 0 Å². The Morgan fingerprint density at radius 1 is 0.486 bits per heavy atom. The van der Waals surface area contributed by atoms with Crippen LogP contribution in [0.4, 0.5) is 0 Å². The maximum absolute atomic E-state index is 11.9. The van der Waals surface area contributed by atoms with Gasteiger partial charge in [-0.2, -0.15) is 0 Å². The minimum Gasteiger partial charge on any atom is -0.466 e. The van der Waals surface area contributed by atoms with Crippen molar-refractivity contribution in [3.05, 3.63) is 0 Å². The van der Waals surface area contributed by atoms with Crippen LogP contribution in [0.2, 0.25) is 0 Å². The summed E-state index contributed by atoms with van der Waals surface area (Å²) in [6.07, 6.45) is 25.6. The fraction of sp³-hybridized carbons (Fsp3) is 0.968. The molecule has 0 atom stereocenters. The number of unbranched alkanes of at least 4 members (excludes halogenated alkanes) is 15. The van der Waals surface area contributed by atoms with Gasteiger partial charge in [0.15, 0.2) is 0 Å². The van der Waals surface area contributed by atoms with E-state index in [9.17, 15) is 4.79 Å². The number of nitrogens with zero attached hydrogens (tertiary/aromatic N) is 1. The normalized spacial score (nSPS) is 11.4. The predicted octanol–water partition coefficient (Wildman–Crippen LogP) is 9.10. The molecule has 0 radical (unpaired) electrons. The van der Waals surface area contributed by atoms with E-state index < -0.39 is 0 Å². The van der Waals surface area contributed by atoms with Crippen LogP contribution in [-0.4, -0.2) is 50.3 Å². The number of carbonyl (C=O) groups is 1. The zero-order chi connectivity index (χ0) is 25.7. The minimum atomic E-state index is 0.00748. The lowest BCUT2D eigenvalue weighted by atomic mass is 10.1. The molecule has 0 saturated carbocycles. The van der Waals surface area contributed by atoms with Crippen LogP contribution in [0.25, 0.3) is 0 Å². The minimum absolute atomic E-state index is 0.00748. The topological polar surface area (TPSA) is 38.8 Å². The maximum atomic E-state index is 11.9. The van der Waals surface area contributed by atoms with E-state index in [1.165, 1.54) is 129 Å². The van der Waals surface area contributed by atoms with Gasteiger partial charge in [-0.05, 0) is 64.6 Å². The van der Waals surface area contributed by atoms with Gasteiger partial charge in [-0.3, -0.25) is 4.79 Å². The predicted molar refractivity (Wildman–Crippen MR) is 152 cm³/mol. The lowest BCUT2D eigenvalue weighted by Crippen LogP contribution is -2.27. The second kappa shape index (κ2) is 29.6. The Hall–Kier alpha value is -0.610. The number of hydrogen-bond donors (Lipinski definition) is 0. The van der Waals surface area contributed by atoms with Crippen molar-refractivity contribution in [2.45, 2.75) is 156 Å². The molecule has 4 heteroatoms. The van der Waals surface area contributed by atoms with Crippen LogP contribution in [0.3, 0.4) is 0 Å². The van der Waals surface area contributed by atoms with Gasteiger partial charge in [-0.1, -0.05) is 104 Å². The lowest BCUT2D eigenvalue weighted by Gasteiger charge is -2.21. The van der Waals surface area contributed by atoms with Gasteiger partial charge >= 0.3 is 5.97 Å². The molecule has 0 aliphatic heterocycles. The molecule has 0 aromatic carbocycles. The van der Waals surface area contributed by atoms with E-state index in [4.69, 9.17) is 9.47 Å². The summed E-state index contributed by atoms with van der Waals surface area (Å²) in [5.74, 6) is 0.00748. The maximum Gasteiger partial charge on any atom is 0.305 e. The number of carbonyl (C=O) groups excluding carboxylic acids is 1. The molecule has 0 unspecified atom stereocenters. The molecular weight excluding hydrogens is 434 g/mol. The van der Waals surface area contributed by atoms with Gasteiger partial charge in [-0.15, -0.1) is 0 Å². The highest BCUT2D eigenvalue weighted by Gasteiger charge is 2.05. The average Bonchev–Trinajstić information content (AvgIpc) is 2.86. The van der Waals surface area contributed by atoms with Crippen LogP contribution in [-0.2, 0) is 14.3 Å². The zero-order valence-electron chi connectivity index (χ0n) is 24.3. The Morgan fingerprint density at radius 3 is 1.57 bits per heavy atom. The molecule has 35 heavy (non-hydrogen) atoms. The Labute approximate surface area is 220 Å². The zero-order valence-corrected chi connectivity index (χ0v) is 24.3. The third kappa shape index (κ3) is 27.8. The van der Waals surface area contributed by atoms with Gasteiger partial charge in [0, 0.05) is 19.6 Å². The summed E-state index contributed by atoms with van der Waals surface area (Å²) >= 11 is 0. The molecule has 0 amide bonds. The largest absolute Gasteiger partial charge is 0.466 e. The number of rotatable bonds is 29. The smallest absolute Gasteiger partial charge is 0.305 e. The van der Waals surface area contributed by atoms with Crippen molar-refractivity contribution in [1.82, 2.24) is 4.90 Å². The van der Waals surface area contributed by atoms with E-state index in [-0.39, 0.29) is 5.97 Å². The summed E-state index contributed by atoms with van der Waals surface area (Å²) in [5.41, 5.74) is 0. The molecule has 0 aromatic heterocycles. The summed E-state index contributed by atoms with van der Waals surface area (Å²) in [5, 5.41) is 0. The fourth-order valence-electron chi connectivity index (χ4n) is 4.52. The summed E-state index contributed by atoms with van der Waals surface area (Å²) in [7, 11) is 0. The number of hydrogen-bond acceptors (Lipinski definition) is 4. The van der Waals surface area contributed by atoms with Gasteiger partial charge in [0.25, 0.3) is 0 Å². The summed E-state index contributed by atoms with van der Waals surface area (Å²) in [6, 6.07) is 0. The summed E-state index contributed by atoms with van der Waals surface area (Å²) < 4.78 is 11.1. The van der Waals surface area contributed by atoms with Crippen molar-refractivity contribution in [3.63, 3.8) is 0 Å². The first kappa shape index (κ1) is 34.4. The van der Waals surface area contributed by atoms with Crippen LogP contribution < -0.4 is 0 Å². The van der Waals surface area contributed by atoms with E-state index in [1.807, 2.05) is 0 Å². The Balaban J connectivity index is 3.49. The number of ether oxygens (including phenoxy) is 2. The van der Waals surface area contributed by atoms with Crippen molar-refractivity contribution in [2.75, 3.05) is 39.5 Å². The van der Waals surface area contributed by atoms with E-state index in [0.29, 0.717) is 13.0 Å². The first-order valence-electron chi connectivity index (χ1n) is 15.7. The van der Waals surface area contributed by atoms with E-state index >= 15 is 0 Å². The van der Waals surface area contributed by atoms with Gasteiger partial charge in [0.2, 0.25) is 0 Å². The second-order valence-corrected chi connectivity index (χ2v) is 10.4. The number of esters is 1. The van der Waals surface area contributed by atoms with Gasteiger partial charge in [0.1, 0.15) is 0 Å². The van der Waals surface area contributed by atoms with E-state index in [0.717, 1.165) is 32.5 Å². The van der Waals surface area contributed by atoms with Gasteiger partial charge in [0.05, 0.1) is 6.61 Å². The monoisotopic (exact) mass is 497 g/mol. The van der Waals surface area contributed by atoms with Gasteiger partial charge in [-0.25, -0.2) is 0 Å². The summed E-state index contributed by atoms with van der Waals surface area (Å²) in [6.45, 7) is 12.9. The summed E-state index contributed by atoms with van der Waals surface area (Å²) in [4.78, 5) is 14.6. The molecule has 0 aliphatic rings. The molecule has 0 spiro atoms. The molecule has 0 aromatic rings. The molecular formula is C31H63NO3. The molecule has 0 saturated heterocycles. The second-order valence-electron chi connectivity index (χ2n) is 10.4. The third-order valence-electron chi connectivity index (χ3n) is 6.81. The van der Waals surface area contributed by atoms with Crippen LogP contribution >= 0.6 is 0 Å². The highest BCUT2D eigenvalue weighted by molar-refractivity contribution is 5.69. The first-order valence-corrected chi connectivity index (χ1v) is 15.7. The van der Waals surface area contributed by atoms with Crippen LogP contribution in [0.15, 0.2) is 0 Å². The van der Waals surface area contributed by atoms with Crippen molar-refractivity contribution in [2.24, 2.45) is 0 Å². The standard InChI is InChI=1S/C31H63NO3/c1-4-7-9-10-11-12-18-23-30-35-31(33)24-19-14-16-21-27-32(25-6-3)26-20-15-13-17-22-29-34-28-8-5-2/h4-30H2,1-3H3. The third-order valence-corrected chi connectivity index (χ3v) is 6.81. The molecule has 0 heterocycles. The fourth-order valence-corrected chi connectivity index (χ4v) is 4.52. The quantitative estimate of drug-likeness (QED) is 0.0763. The molecule has 0 aliphatic carbocycles. The van der Waals surface area contributed by atoms with E-state index in [1.54, 1.807) is 0 Å². The van der Waals surface area contributed by atoms with Crippen LogP contribution in [0.5, 0.6) is 0 Å². The molecule has 4 nitrogen and oxygen atoms in total.